The Balaban J connectivity index is 2.12. The second-order valence-corrected chi connectivity index (χ2v) is 8.50. The quantitative estimate of drug-likeness (QED) is 0.380. The van der Waals surface area contributed by atoms with Crippen LogP contribution in [-0.4, -0.2) is 61.3 Å². The predicted octanol–water partition coefficient (Wildman–Crippen LogP) is 3.08. The Labute approximate surface area is 213 Å². The number of benzene rings is 2. The lowest BCUT2D eigenvalue weighted by Gasteiger charge is -2.29. The van der Waals surface area contributed by atoms with Crippen molar-refractivity contribution in [1.29, 1.82) is 0 Å². The van der Waals surface area contributed by atoms with Crippen LogP contribution in [0.5, 0.6) is 0 Å². The fourth-order valence-corrected chi connectivity index (χ4v) is 3.69. The van der Waals surface area contributed by atoms with Crippen LogP contribution in [0.15, 0.2) is 60.7 Å². The molecule has 0 bridgehead atoms. The molecule has 0 aromatic heterocycles. The number of rotatable bonds is 15. The molecule has 0 heterocycles. The average molecular weight is 497 g/mol. The first-order valence-corrected chi connectivity index (χ1v) is 12.2. The molecule has 0 fully saturated rings. The third-order valence-electron chi connectivity index (χ3n) is 5.93. The van der Waals surface area contributed by atoms with Gasteiger partial charge in [-0.1, -0.05) is 67.6 Å². The van der Waals surface area contributed by atoms with E-state index in [4.69, 9.17) is 4.74 Å². The first-order valence-electron chi connectivity index (χ1n) is 12.2. The minimum atomic E-state index is -0.909. The van der Waals surface area contributed by atoms with Crippen molar-refractivity contribution in [3.8, 4) is 0 Å². The zero-order valence-corrected chi connectivity index (χ0v) is 21.3. The van der Waals surface area contributed by atoms with Gasteiger partial charge in [0, 0.05) is 19.9 Å². The van der Waals surface area contributed by atoms with Gasteiger partial charge in [0.25, 0.3) is 0 Å². The second kappa shape index (κ2) is 15.5. The average Bonchev–Trinajstić information content (AvgIpc) is 2.91. The minimum Gasteiger partial charge on any atom is -0.469 e. The highest BCUT2D eigenvalue weighted by Crippen LogP contribution is 2.11. The number of likely N-dealkylation sites (N-methyl/N-ethyl adjacent to an activating group) is 1. The van der Waals surface area contributed by atoms with Gasteiger partial charge in [-0.3, -0.25) is 19.2 Å². The van der Waals surface area contributed by atoms with Crippen molar-refractivity contribution in [1.82, 2.24) is 10.2 Å². The molecule has 0 unspecified atom stereocenters. The molecule has 0 aliphatic carbocycles. The van der Waals surface area contributed by atoms with Gasteiger partial charge in [-0.25, -0.2) is 0 Å². The Bertz CT molecular complexity index is 980. The molecule has 0 saturated carbocycles. The van der Waals surface area contributed by atoms with Crippen molar-refractivity contribution in [2.45, 2.75) is 57.7 Å². The van der Waals surface area contributed by atoms with Gasteiger partial charge in [-0.15, -0.1) is 0 Å². The normalized spacial score (nSPS) is 12.3. The number of Topliss-reactive ketones (excluding diaryl/α,β-unsaturated/α-hetero) is 1. The van der Waals surface area contributed by atoms with Crippen LogP contribution in [0.1, 0.15) is 43.7 Å². The number of hydrogen-bond acceptors (Lipinski definition) is 6. The number of methoxy groups -OCH3 is 1. The lowest BCUT2D eigenvalue weighted by Crippen LogP contribution is -2.54. The van der Waals surface area contributed by atoms with Crippen molar-refractivity contribution >= 4 is 23.6 Å². The van der Waals surface area contributed by atoms with Crippen LogP contribution in [0, 0.1) is 0 Å². The van der Waals surface area contributed by atoms with Crippen molar-refractivity contribution in [3.63, 3.8) is 0 Å². The van der Waals surface area contributed by atoms with Gasteiger partial charge in [0.05, 0.1) is 32.8 Å². The number of esters is 1. The Morgan fingerprint density at radius 1 is 0.917 bits per heavy atom. The van der Waals surface area contributed by atoms with E-state index >= 15 is 0 Å². The molecule has 2 rings (SSSR count). The van der Waals surface area contributed by atoms with E-state index in [1.807, 2.05) is 60.7 Å². The maximum absolute atomic E-state index is 13.3. The summed E-state index contributed by atoms with van der Waals surface area (Å²) in [6.45, 7) is 1.98. The van der Waals surface area contributed by atoms with E-state index in [0.29, 0.717) is 12.8 Å². The monoisotopic (exact) mass is 496 g/mol. The van der Waals surface area contributed by atoms with Crippen LogP contribution in [0.3, 0.4) is 0 Å². The molecule has 0 aliphatic rings. The highest BCUT2D eigenvalue weighted by molar-refractivity contribution is 5.93. The summed E-state index contributed by atoms with van der Waals surface area (Å²) in [6.07, 6.45) is 1.04. The van der Waals surface area contributed by atoms with Crippen LogP contribution in [0.2, 0.25) is 0 Å². The van der Waals surface area contributed by atoms with E-state index < -0.39 is 24.0 Å². The van der Waals surface area contributed by atoms with Crippen LogP contribution in [-0.2, 0) is 41.7 Å². The van der Waals surface area contributed by atoms with Crippen LogP contribution >= 0.6 is 0 Å². The topological polar surface area (TPSA) is 102 Å². The molecule has 36 heavy (non-hydrogen) atoms. The Morgan fingerprint density at radius 3 is 2.11 bits per heavy atom. The summed E-state index contributed by atoms with van der Waals surface area (Å²) in [7, 11) is 2.82. The number of amides is 2. The Kier molecular flexibility index (Phi) is 12.3. The SMILES string of the molecule is CCC(=O)N(C)[C@H](COCc1ccccc1)C(=O)N[C@H](CCc1ccccc1)C(=O)CCC(=O)OC. The van der Waals surface area contributed by atoms with Gasteiger partial charge in [-0.05, 0) is 24.0 Å². The molecule has 194 valence electrons. The van der Waals surface area contributed by atoms with Crippen LogP contribution in [0.25, 0.3) is 0 Å². The Morgan fingerprint density at radius 2 is 1.53 bits per heavy atom. The summed E-state index contributed by atoms with van der Waals surface area (Å²) in [5.41, 5.74) is 1.97. The number of nitrogens with one attached hydrogen (secondary N) is 1. The van der Waals surface area contributed by atoms with Crippen molar-refractivity contribution in [3.05, 3.63) is 71.8 Å². The molecule has 2 aromatic rings. The molecule has 8 nitrogen and oxygen atoms in total. The number of aryl methyl sites for hydroxylation is 1. The summed E-state index contributed by atoms with van der Waals surface area (Å²) in [4.78, 5) is 51.6. The Hall–Kier alpha value is -3.52. The van der Waals surface area contributed by atoms with Crippen molar-refractivity contribution in [2.75, 3.05) is 20.8 Å². The number of carbonyl (C=O) groups is 4. The summed E-state index contributed by atoms with van der Waals surface area (Å²) < 4.78 is 10.4. The number of ketones is 1. The smallest absolute Gasteiger partial charge is 0.305 e. The van der Waals surface area contributed by atoms with E-state index in [2.05, 4.69) is 10.1 Å². The van der Waals surface area contributed by atoms with Crippen molar-refractivity contribution in [2.24, 2.45) is 0 Å². The van der Waals surface area contributed by atoms with Gasteiger partial charge in [-0.2, -0.15) is 0 Å². The zero-order valence-electron chi connectivity index (χ0n) is 21.3. The van der Waals surface area contributed by atoms with E-state index in [1.165, 1.54) is 12.0 Å². The lowest BCUT2D eigenvalue weighted by atomic mass is 9.99. The van der Waals surface area contributed by atoms with Gasteiger partial charge in [0.15, 0.2) is 5.78 Å². The summed E-state index contributed by atoms with van der Waals surface area (Å²) in [6, 6.07) is 17.4. The van der Waals surface area contributed by atoms with Gasteiger partial charge >= 0.3 is 5.97 Å². The highest BCUT2D eigenvalue weighted by Gasteiger charge is 2.30. The lowest BCUT2D eigenvalue weighted by molar-refractivity contribution is -0.143. The molecule has 0 aliphatic heterocycles. The minimum absolute atomic E-state index is 0.0231. The fraction of sp³-hybridized carbons (Fsp3) is 0.429. The molecule has 2 amide bonds. The van der Waals surface area contributed by atoms with Gasteiger partial charge in [0.1, 0.15) is 6.04 Å². The van der Waals surface area contributed by atoms with E-state index in [1.54, 1.807) is 14.0 Å². The first-order chi connectivity index (χ1) is 17.3. The molecule has 0 spiro atoms. The summed E-state index contributed by atoms with van der Waals surface area (Å²) >= 11 is 0. The number of ether oxygens (including phenoxy) is 2. The maximum atomic E-state index is 13.3. The zero-order chi connectivity index (χ0) is 26.3. The fourth-order valence-electron chi connectivity index (χ4n) is 3.69. The van der Waals surface area contributed by atoms with Crippen LogP contribution < -0.4 is 5.32 Å². The number of carbonyl (C=O) groups excluding carboxylic acids is 4. The van der Waals surface area contributed by atoms with Crippen molar-refractivity contribution < 1.29 is 28.7 Å². The predicted molar refractivity (Wildman–Crippen MR) is 136 cm³/mol. The molecule has 1 N–H and O–H groups in total. The highest BCUT2D eigenvalue weighted by atomic mass is 16.5. The second-order valence-electron chi connectivity index (χ2n) is 8.50. The molecule has 2 atom stereocenters. The number of nitrogens with zero attached hydrogens (tertiary/aromatic N) is 1. The largest absolute Gasteiger partial charge is 0.469 e. The molecular weight excluding hydrogens is 460 g/mol. The van der Waals surface area contributed by atoms with E-state index in [0.717, 1.165) is 11.1 Å². The standard InChI is InChI=1S/C28H36N2O6/c1-4-26(32)30(2)24(20-36-19-22-13-9-6-10-14-22)28(34)29-23(25(31)17-18-27(33)35-3)16-15-21-11-7-5-8-12-21/h5-14,23-24H,4,15-20H2,1-3H3,(H,29,34)/t23-,24-/m1/s1. The first kappa shape index (κ1) is 28.7. The van der Waals surface area contributed by atoms with E-state index in [9.17, 15) is 19.2 Å². The molecule has 0 radical (unpaired) electrons. The molecule has 2 aromatic carbocycles. The number of hydrogen-bond donors (Lipinski definition) is 1. The third kappa shape index (κ3) is 9.62. The summed E-state index contributed by atoms with van der Waals surface area (Å²) in [5.74, 6) is -1.44. The molecule has 0 saturated heterocycles. The van der Waals surface area contributed by atoms with Gasteiger partial charge < -0.3 is 19.7 Å². The molecule has 8 heteroatoms. The maximum Gasteiger partial charge on any atom is 0.305 e. The summed E-state index contributed by atoms with van der Waals surface area (Å²) in [5, 5.41) is 2.82. The molecular formula is C28H36N2O6. The van der Waals surface area contributed by atoms with Crippen LogP contribution in [0.4, 0.5) is 0 Å². The third-order valence-corrected chi connectivity index (χ3v) is 5.93. The van der Waals surface area contributed by atoms with Gasteiger partial charge in [0.2, 0.25) is 11.8 Å². The van der Waals surface area contributed by atoms with E-state index in [-0.39, 0.29) is 44.2 Å².